The molecular formula is C9H16OS. The molecule has 2 heteroatoms. The second-order valence-corrected chi connectivity index (χ2v) is 5.03. The molecule has 1 aliphatic rings. The lowest BCUT2D eigenvalue weighted by Gasteiger charge is -2.30. The van der Waals surface area contributed by atoms with E-state index >= 15 is 0 Å². The highest BCUT2D eigenvalue weighted by Gasteiger charge is 2.30. The van der Waals surface area contributed by atoms with Gasteiger partial charge in [0.05, 0.1) is 0 Å². The van der Waals surface area contributed by atoms with E-state index < -0.39 is 0 Å². The maximum absolute atomic E-state index is 11.4. The molecule has 0 saturated carbocycles. The Kier molecular flexibility index (Phi) is 2.99. The van der Waals surface area contributed by atoms with Crippen molar-refractivity contribution in [1.29, 1.82) is 0 Å². The van der Waals surface area contributed by atoms with Crippen LogP contribution in [0.1, 0.15) is 33.6 Å². The summed E-state index contributed by atoms with van der Waals surface area (Å²) >= 11 is 1.98. The lowest BCUT2D eigenvalue weighted by Crippen LogP contribution is -2.31. The largest absolute Gasteiger partial charge is 0.299 e. The average molecular weight is 172 g/mol. The molecule has 0 unspecified atom stereocenters. The highest BCUT2D eigenvalue weighted by molar-refractivity contribution is 8.00. The van der Waals surface area contributed by atoms with Crippen LogP contribution >= 0.6 is 11.8 Å². The van der Waals surface area contributed by atoms with Crippen molar-refractivity contribution in [2.45, 2.75) is 44.1 Å². The highest BCUT2D eigenvalue weighted by atomic mass is 32.2. The Hall–Kier alpha value is 0.0200. The Morgan fingerprint density at radius 1 is 1.55 bits per heavy atom. The second kappa shape index (κ2) is 3.61. The van der Waals surface area contributed by atoms with Gasteiger partial charge in [-0.2, -0.15) is 11.8 Å². The quantitative estimate of drug-likeness (QED) is 0.604. The van der Waals surface area contributed by atoms with Crippen molar-refractivity contribution in [2.75, 3.05) is 0 Å². The normalized spacial score (nSPS) is 39.2. The van der Waals surface area contributed by atoms with E-state index in [1.165, 1.54) is 0 Å². The molecule has 0 radical (unpaired) electrons. The van der Waals surface area contributed by atoms with Gasteiger partial charge in [0.1, 0.15) is 5.78 Å². The van der Waals surface area contributed by atoms with Crippen molar-refractivity contribution in [3.8, 4) is 0 Å². The fourth-order valence-corrected chi connectivity index (χ4v) is 3.03. The van der Waals surface area contributed by atoms with Crippen LogP contribution in [0.4, 0.5) is 0 Å². The monoisotopic (exact) mass is 172 g/mol. The smallest absolute Gasteiger partial charge is 0.137 e. The summed E-state index contributed by atoms with van der Waals surface area (Å²) in [7, 11) is 0. The van der Waals surface area contributed by atoms with Crippen LogP contribution in [-0.4, -0.2) is 16.3 Å². The molecule has 1 saturated heterocycles. The lowest BCUT2D eigenvalue weighted by atomic mass is 9.96. The molecule has 0 aliphatic carbocycles. The second-order valence-electron chi connectivity index (χ2n) is 3.35. The Bertz CT molecular complexity index is 156. The molecule has 1 aliphatic heterocycles. The Balaban J connectivity index is 2.58. The standard InChI is InChI=1S/C9H16OS/c1-4-9-7(3)8(10)5-6(2)11-9/h6-7,9H,4-5H2,1-3H3/t6-,7-,9-/m0/s1. The molecule has 0 aromatic carbocycles. The summed E-state index contributed by atoms with van der Waals surface area (Å²) in [6, 6.07) is 0. The summed E-state index contributed by atoms with van der Waals surface area (Å²) in [5, 5.41) is 1.12. The maximum atomic E-state index is 11.4. The Labute approximate surface area is 72.9 Å². The van der Waals surface area contributed by atoms with Crippen LogP contribution in [0.15, 0.2) is 0 Å². The van der Waals surface area contributed by atoms with Crippen LogP contribution in [0.2, 0.25) is 0 Å². The maximum Gasteiger partial charge on any atom is 0.137 e. The molecule has 0 spiro atoms. The summed E-state index contributed by atoms with van der Waals surface area (Å²) in [5.41, 5.74) is 0. The molecule has 1 fully saturated rings. The molecule has 1 rings (SSSR count). The van der Waals surface area contributed by atoms with Gasteiger partial charge in [-0.1, -0.05) is 20.8 Å². The van der Waals surface area contributed by atoms with Crippen LogP contribution in [0.3, 0.4) is 0 Å². The predicted octanol–water partition coefficient (Wildman–Crippen LogP) is 2.50. The van der Waals surface area contributed by atoms with Gasteiger partial charge >= 0.3 is 0 Å². The number of carbonyl (C=O) groups is 1. The predicted molar refractivity (Wildman–Crippen MR) is 49.9 cm³/mol. The van der Waals surface area contributed by atoms with Gasteiger partial charge in [-0.15, -0.1) is 0 Å². The number of rotatable bonds is 1. The zero-order valence-electron chi connectivity index (χ0n) is 7.46. The molecule has 0 amide bonds. The fourth-order valence-electron chi connectivity index (χ4n) is 1.59. The van der Waals surface area contributed by atoms with Crippen LogP contribution in [-0.2, 0) is 4.79 Å². The lowest BCUT2D eigenvalue weighted by molar-refractivity contribution is -0.122. The molecule has 11 heavy (non-hydrogen) atoms. The van der Waals surface area contributed by atoms with Crippen LogP contribution in [0.5, 0.6) is 0 Å². The van der Waals surface area contributed by atoms with E-state index in [-0.39, 0.29) is 0 Å². The topological polar surface area (TPSA) is 17.1 Å². The van der Waals surface area contributed by atoms with Crippen molar-refractivity contribution in [2.24, 2.45) is 5.92 Å². The van der Waals surface area contributed by atoms with Gasteiger partial charge in [0.15, 0.2) is 0 Å². The summed E-state index contributed by atoms with van der Waals surface area (Å²) in [6.45, 7) is 6.38. The number of ketones is 1. The zero-order valence-corrected chi connectivity index (χ0v) is 8.28. The third-order valence-corrected chi connectivity index (χ3v) is 4.09. The molecule has 0 N–H and O–H groups in total. The van der Waals surface area contributed by atoms with Gasteiger partial charge in [-0.05, 0) is 6.42 Å². The molecular weight excluding hydrogens is 156 g/mol. The van der Waals surface area contributed by atoms with E-state index in [0.29, 0.717) is 22.2 Å². The first-order valence-electron chi connectivity index (χ1n) is 4.33. The molecule has 0 aromatic heterocycles. The van der Waals surface area contributed by atoms with E-state index in [2.05, 4.69) is 20.8 Å². The number of hydrogen-bond acceptors (Lipinski definition) is 2. The van der Waals surface area contributed by atoms with Crippen LogP contribution in [0, 0.1) is 5.92 Å². The van der Waals surface area contributed by atoms with Crippen LogP contribution in [0.25, 0.3) is 0 Å². The number of Topliss-reactive ketones (excluding diaryl/α,β-unsaturated/α-hetero) is 1. The number of carbonyl (C=O) groups excluding carboxylic acids is 1. The average Bonchev–Trinajstić information content (AvgIpc) is 1.96. The minimum atomic E-state index is 0.293. The molecule has 3 atom stereocenters. The SMILES string of the molecule is CC[C@@H]1S[C@@H](C)CC(=O)[C@@H]1C. The van der Waals surface area contributed by atoms with E-state index in [4.69, 9.17) is 0 Å². The molecule has 1 nitrogen and oxygen atoms in total. The zero-order chi connectivity index (χ0) is 8.43. The van der Waals surface area contributed by atoms with E-state index in [1.807, 2.05) is 11.8 Å². The number of hydrogen-bond donors (Lipinski definition) is 0. The van der Waals surface area contributed by atoms with Crippen molar-refractivity contribution in [3.05, 3.63) is 0 Å². The van der Waals surface area contributed by atoms with E-state index in [9.17, 15) is 4.79 Å². The van der Waals surface area contributed by atoms with E-state index in [1.54, 1.807) is 0 Å². The number of thioether (sulfide) groups is 1. The molecule has 0 aromatic rings. The van der Waals surface area contributed by atoms with Crippen molar-refractivity contribution in [1.82, 2.24) is 0 Å². The first-order chi connectivity index (χ1) is 5.15. The van der Waals surface area contributed by atoms with Crippen molar-refractivity contribution >= 4 is 17.5 Å². The third-order valence-electron chi connectivity index (χ3n) is 2.36. The first-order valence-corrected chi connectivity index (χ1v) is 5.27. The fraction of sp³-hybridized carbons (Fsp3) is 0.889. The van der Waals surface area contributed by atoms with Gasteiger partial charge < -0.3 is 0 Å². The molecule has 1 heterocycles. The van der Waals surface area contributed by atoms with Crippen LogP contribution < -0.4 is 0 Å². The molecule has 0 bridgehead atoms. The summed E-state index contributed by atoms with van der Waals surface area (Å²) in [4.78, 5) is 11.4. The summed E-state index contributed by atoms with van der Waals surface area (Å²) < 4.78 is 0. The Morgan fingerprint density at radius 2 is 2.18 bits per heavy atom. The first kappa shape index (κ1) is 9.11. The summed E-state index contributed by atoms with van der Waals surface area (Å²) in [5.74, 6) is 0.754. The minimum absolute atomic E-state index is 0.293. The Morgan fingerprint density at radius 3 is 2.73 bits per heavy atom. The molecule has 64 valence electrons. The highest BCUT2D eigenvalue weighted by Crippen LogP contribution is 2.34. The van der Waals surface area contributed by atoms with Crippen molar-refractivity contribution in [3.63, 3.8) is 0 Å². The van der Waals surface area contributed by atoms with Gasteiger partial charge in [-0.25, -0.2) is 0 Å². The summed E-state index contributed by atoms with van der Waals surface area (Å²) in [6.07, 6.45) is 1.91. The van der Waals surface area contributed by atoms with Gasteiger partial charge in [0.2, 0.25) is 0 Å². The van der Waals surface area contributed by atoms with Crippen molar-refractivity contribution < 1.29 is 4.79 Å². The van der Waals surface area contributed by atoms with Gasteiger partial charge in [-0.3, -0.25) is 4.79 Å². The van der Waals surface area contributed by atoms with Gasteiger partial charge in [0, 0.05) is 22.8 Å². The van der Waals surface area contributed by atoms with Gasteiger partial charge in [0.25, 0.3) is 0 Å². The van der Waals surface area contributed by atoms with E-state index in [0.717, 1.165) is 12.8 Å². The minimum Gasteiger partial charge on any atom is -0.299 e. The third kappa shape index (κ3) is 1.98.